The lowest BCUT2D eigenvalue weighted by molar-refractivity contribution is 0.407. The van der Waals surface area contributed by atoms with E-state index in [-0.39, 0.29) is 0 Å². The van der Waals surface area contributed by atoms with E-state index >= 15 is 0 Å². The van der Waals surface area contributed by atoms with Crippen molar-refractivity contribution in [1.82, 2.24) is 5.32 Å². The molecule has 0 aliphatic carbocycles. The van der Waals surface area contributed by atoms with Gasteiger partial charge in [-0.25, -0.2) is 0 Å². The quantitative estimate of drug-likeness (QED) is 0.560. The fourth-order valence-electron chi connectivity index (χ4n) is 2.53. The SMILES string of the molecule is CCCNCC(CCCC(C)C)Cc1ccc(Br)cc1. The summed E-state index contributed by atoms with van der Waals surface area (Å²) in [7, 11) is 0. The molecule has 0 fully saturated rings. The second-order valence-electron chi connectivity index (χ2n) is 6.23. The number of rotatable bonds is 10. The molecule has 1 N–H and O–H groups in total. The molecule has 1 unspecified atom stereocenters. The van der Waals surface area contributed by atoms with Crippen LogP contribution in [-0.2, 0) is 6.42 Å². The van der Waals surface area contributed by atoms with Crippen molar-refractivity contribution in [3.05, 3.63) is 34.3 Å². The van der Waals surface area contributed by atoms with Crippen molar-refractivity contribution >= 4 is 15.9 Å². The summed E-state index contributed by atoms with van der Waals surface area (Å²) in [4.78, 5) is 0. The zero-order chi connectivity index (χ0) is 14.8. The monoisotopic (exact) mass is 339 g/mol. The van der Waals surface area contributed by atoms with Gasteiger partial charge in [0.15, 0.2) is 0 Å². The number of nitrogens with one attached hydrogen (secondary N) is 1. The molecule has 0 saturated heterocycles. The van der Waals surface area contributed by atoms with E-state index in [2.05, 4.69) is 66.3 Å². The van der Waals surface area contributed by atoms with Crippen LogP contribution in [0.4, 0.5) is 0 Å². The van der Waals surface area contributed by atoms with Gasteiger partial charge in [0.1, 0.15) is 0 Å². The van der Waals surface area contributed by atoms with E-state index in [4.69, 9.17) is 0 Å². The first-order valence-corrected chi connectivity index (χ1v) is 8.86. The Morgan fingerprint density at radius 3 is 2.40 bits per heavy atom. The molecule has 0 heterocycles. The van der Waals surface area contributed by atoms with Gasteiger partial charge >= 0.3 is 0 Å². The molecule has 1 rings (SSSR count). The standard InChI is InChI=1S/C18H30BrN/c1-4-12-20-14-17(7-5-6-15(2)3)13-16-8-10-18(19)11-9-16/h8-11,15,17,20H,4-7,12-14H2,1-3H3. The fraction of sp³-hybridized carbons (Fsp3) is 0.667. The van der Waals surface area contributed by atoms with E-state index < -0.39 is 0 Å². The molecule has 0 bridgehead atoms. The van der Waals surface area contributed by atoms with Gasteiger partial charge in [-0.3, -0.25) is 0 Å². The largest absolute Gasteiger partial charge is 0.316 e. The summed E-state index contributed by atoms with van der Waals surface area (Å²) in [6.45, 7) is 9.16. The third-order valence-corrected chi connectivity index (χ3v) is 4.22. The third-order valence-electron chi connectivity index (χ3n) is 3.69. The molecule has 0 aromatic heterocycles. The Morgan fingerprint density at radius 2 is 1.80 bits per heavy atom. The van der Waals surface area contributed by atoms with Crippen molar-refractivity contribution in [2.24, 2.45) is 11.8 Å². The van der Waals surface area contributed by atoms with Crippen molar-refractivity contribution in [2.45, 2.75) is 52.9 Å². The maximum Gasteiger partial charge on any atom is 0.0175 e. The minimum Gasteiger partial charge on any atom is -0.316 e. The van der Waals surface area contributed by atoms with Crippen molar-refractivity contribution < 1.29 is 0 Å². The molecule has 20 heavy (non-hydrogen) atoms. The normalized spacial score (nSPS) is 12.8. The van der Waals surface area contributed by atoms with Crippen molar-refractivity contribution in [3.8, 4) is 0 Å². The highest BCUT2D eigenvalue weighted by atomic mass is 79.9. The summed E-state index contributed by atoms with van der Waals surface area (Å²) >= 11 is 3.51. The minimum absolute atomic E-state index is 0.765. The van der Waals surface area contributed by atoms with Crippen LogP contribution in [0.5, 0.6) is 0 Å². The van der Waals surface area contributed by atoms with Gasteiger partial charge in [-0.1, -0.05) is 61.7 Å². The molecule has 0 aliphatic heterocycles. The zero-order valence-corrected chi connectivity index (χ0v) is 14.9. The van der Waals surface area contributed by atoms with Gasteiger partial charge in [-0.2, -0.15) is 0 Å². The lowest BCUT2D eigenvalue weighted by Gasteiger charge is -2.18. The van der Waals surface area contributed by atoms with Crippen LogP contribution in [0.15, 0.2) is 28.7 Å². The minimum atomic E-state index is 0.765. The smallest absolute Gasteiger partial charge is 0.0175 e. The number of hydrogen-bond acceptors (Lipinski definition) is 1. The van der Waals surface area contributed by atoms with Gasteiger partial charge < -0.3 is 5.32 Å². The topological polar surface area (TPSA) is 12.0 Å². The van der Waals surface area contributed by atoms with E-state index in [9.17, 15) is 0 Å². The van der Waals surface area contributed by atoms with Crippen LogP contribution in [0.1, 0.15) is 52.0 Å². The molecule has 1 aromatic carbocycles. The Bertz CT molecular complexity index is 345. The van der Waals surface area contributed by atoms with Crippen LogP contribution in [0, 0.1) is 11.8 Å². The highest BCUT2D eigenvalue weighted by Crippen LogP contribution is 2.19. The third kappa shape index (κ3) is 8.06. The van der Waals surface area contributed by atoms with E-state index in [1.807, 2.05) is 0 Å². The summed E-state index contributed by atoms with van der Waals surface area (Å²) < 4.78 is 1.17. The average molecular weight is 340 g/mol. The lowest BCUT2D eigenvalue weighted by Crippen LogP contribution is -2.25. The molecular formula is C18H30BrN. The van der Waals surface area contributed by atoms with Crippen LogP contribution in [0.25, 0.3) is 0 Å². The van der Waals surface area contributed by atoms with Crippen LogP contribution in [0.3, 0.4) is 0 Å². The predicted molar refractivity (Wildman–Crippen MR) is 93.2 cm³/mol. The van der Waals surface area contributed by atoms with E-state index in [1.54, 1.807) is 0 Å². The Balaban J connectivity index is 2.45. The van der Waals surface area contributed by atoms with Gasteiger partial charge in [0, 0.05) is 4.47 Å². The second kappa shape index (κ2) is 10.4. The van der Waals surface area contributed by atoms with E-state index in [0.717, 1.165) is 24.9 Å². The molecule has 114 valence electrons. The number of benzene rings is 1. The van der Waals surface area contributed by atoms with Gasteiger partial charge in [-0.15, -0.1) is 0 Å². The summed E-state index contributed by atoms with van der Waals surface area (Å²) in [5.41, 5.74) is 1.46. The van der Waals surface area contributed by atoms with Gasteiger partial charge in [0.05, 0.1) is 0 Å². The number of halogens is 1. The summed E-state index contributed by atoms with van der Waals surface area (Å²) in [5.74, 6) is 1.59. The molecule has 2 heteroatoms. The Labute approximate surface area is 133 Å². The molecule has 1 atom stereocenters. The Hall–Kier alpha value is -0.340. The fourth-order valence-corrected chi connectivity index (χ4v) is 2.79. The molecule has 1 aromatic rings. The van der Waals surface area contributed by atoms with Gasteiger partial charge in [-0.05, 0) is 61.9 Å². The van der Waals surface area contributed by atoms with Gasteiger partial charge in [0.25, 0.3) is 0 Å². The highest BCUT2D eigenvalue weighted by Gasteiger charge is 2.10. The Morgan fingerprint density at radius 1 is 1.10 bits per heavy atom. The molecule has 0 saturated carbocycles. The van der Waals surface area contributed by atoms with Crippen LogP contribution in [0.2, 0.25) is 0 Å². The van der Waals surface area contributed by atoms with Gasteiger partial charge in [0.2, 0.25) is 0 Å². The molecule has 0 amide bonds. The highest BCUT2D eigenvalue weighted by molar-refractivity contribution is 9.10. The van der Waals surface area contributed by atoms with Crippen LogP contribution in [-0.4, -0.2) is 13.1 Å². The molecule has 0 radical (unpaired) electrons. The van der Waals surface area contributed by atoms with E-state index in [0.29, 0.717) is 0 Å². The molecular weight excluding hydrogens is 310 g/mol. The van der Waals surface area contributed by atoms with Crippen molar-refractivity contribution in [3.63, 3.8) is 0 Å². The molecule has 1 nitrogen and oxygen atoms in total. The first-order valence-electron chi connectivity index (χ1n) is 8.07. The first-order chi connectivity index (χ1) is 9.61. The lowest BCUT2D eigenvalue weighted by atomic mass is 9.92. The summed E-state index contributed by atoms with van der Waals surface area (Å²) in [6.07, 6.45) is 6.46. The second-order valence-corrected chi connectivity index (χ2v) is 7.14. The van der Waals surface area contributed by atoms with Crippen molar-refractivity contribution in [2.75, 3.05) is 13.1 Å². The molecule has 0 spiro atoms. The van der Waals surface area contributed by atoms with Crippen LogP contribution < -0.4 is 5.32 Å². The molecule has 0 aliphatic rings. The zero-order valence-electron chi connectivity index (χ0n) is 13.3. The van der Waals surface area contributed by atoms with Crippen molar-refractivity contribution in [1.29, 1.82) is 0 Å². The van der Waals surface area contributed by atoms with E-state index in [1.165, 1.54) is 42.1 Å². The maximum atomic E-state index is 3.60. The van der Waals surface area contributed by atoms with Crippen LogP contribution >= 0.6 is 15.9 Å². The predicted octanol–water partition coefficient (Wildman–Crippen LogP) is 5.43. The average Bonchev–Trinajstić information content (AvgIpc) is 2.41. The number of hydrogen-bond donors (Lipinski definition) is 1. The summed E-state index contributed by atoms with van der Waals surface area (Å²) in [6, 6.07) is 8.80. The Kier molecular flexibility index (Phi) is 9.21. The maximum absolute atomic E-state index is 3.60. The summed E-state index contributed by atoms with van der Waals surface area (Å²) in [5, 5.41) is 3.60. The first kappa shape index (κ1) is 17.7.